The SMILES string of the molecule is COC1=CC(=O)c2c(CC[NH3+])cn(S(=O)(=O)c3ccc(C)cc3)c2C1=O.O=C([O-])C(F)(F)F. The summed E-state index contributed by atoms with van der Waals surface area (Å²) in [7, 11) is -2.78. The van der Waals surface area contributed by atoms with Crippen molar-refractivity contribution in [1.29, 1.82) is 0 Å². The number of carbonyl (C=O) groups is 3. The van der Waals surface area contributed by atoms with Gasteiger partial charge in [0.15, 0.2) is 11.5 Å². The number of allylic oxidation sites excluding steroid dienone is 2. The Kier molecular flexibility index (Phi) is 7.50. The lowest BCUT2D eigenvalue weighted by Gasteiger charge is -2.15. The molecule has 9 nitrogen and oxygen atoms in total. The molecule has 0 spiro atoms. The largest absolute Gasteiger partial charge is 0.542 e. The molecule has 0 atom stereocenters. The third-order valence-corrected chi connectivity index (χ3v) is 6.15. The fourth-order valence-corrected chi connectivity index (χ4v) is 4.33. The zero-order valence-electron chi connectivity index (χ0n) is 17.4. The number of aromatic nitrogens is 1. The molecule has 33 heavy (non-hydrogen) atoms. The second-order valence-electron chi connectivity index (χ2n) is 6.79. The number of methoxy groups -OCH3 is 1. The van der Waals surface area contributed by atoms with E-state index in [0.29, 0.717) is 18.5 Å². The van der Waals surface area contributed by atoms with E-state index in [2.05, 4.69) is 5.73 Å². The van der Waals surface area contributed by atoms with Gasteiger partial charge in [0.2, 0.25) is 5.78 Å². The van der Waals surface area contributed by atoms with Crippen LogP contribution in [0.2, 0.25) is 0 Å². The molecule has 1 heterocycles. The molecule has 1 aliphatic carbocycles. The molecule has 0 saturated heterocycles. The number of rotatable bonds is 5. The molecule has 2 aromatic rings. The van der Waals surface area contributed by atoms with Gasteiger partial charge >= 0.3 is 6.18 Å². The molecule has 3 N–H and O–H groups in total. The van der Waals surface area contributed by atoms with Crippen molar-refractivity contribution in [3.63, 3.8) is 0 Å². The Labute approximate surface area is 186 Å². The summed E-state index contributed by atoms with van der Waals surface area (Å²) in [5.74, 6) is -4.26. The Morgan fingerprint density at radius 2 is 1.73 bits per heavy atom. The number of Topliss-reactive ketones (excluding diaryl/α,β-unsaturated/α-hetero) is 1. The van der Waals surface area contributed by atoms with E-state index in [1.807, 2.05) is 6.92 Å². The van der Waals surface area contributed by atoms with Crippen molar-refractivity contribution >= 4 is 27.6 Å². The Morgan fingerprint density at radius 3 is 2.18 bits per heavy atom. The van der Waals surface area contributed by atoms with Gasteiger partial charge in [-0.3, -0.25) is 9.59 Å². The van der Waals surface area contributed by atoms with E-state index in [1.165, 1.54) is 25.4 Å². The molecule has 0 amide bonds. The number of ketones is 2. The second-order valence-corrected chi connectivity index (χ2v) is 8.60. The van der Waals surface area contributed by atoms with E-state index >= 15 is 0 Å². The summed E-state index contributed by atoms with van der Waals surface area (Å²) in [5, 5.41) is 8.78. The molecule has 1 aromatic carbocycles. The van der Waals surface area contributed by atoms with Crippen LogP contribution < -0.4 is 10.8 Å². The highest BCUT2D eigenvalue weighted by molar-refractivity contribution is 7.90. The van der Waals surface area contributed by atoms with Gasteiger partial charge in [0.05, 0.1) is 24.1 Å². The summed E-state index contributed by atoms with van der Waals surface area (Å²) in [4.78, 5) is 34.0. The molecule has 0 bridgehead atoms. The van der Waals surface area contributed by atoms with E-state index in [4.69, 9.17) is 14.6 Å². The molecule has 0 aliphatic heterocycles. The molecule has 0 unspecified atom stereocenters. The molecule has 178 valence electrons. The van der Waals surface area contributed by atoms with E-state index in [-0.39, 0.29) is 21.9 Å². The molecule has 0 fully saturated rings. The number of aliphatic carboxylic acids is 1. The Hall–Kier alpha value is -3.45. The molecule has 1 aromatic heterocycles. The fraction of sp³-hybridized carbons (Fsp3) is 0.250. The summed E-state index contributed by atoms with van der Waals surface area (Å²) in [6, 6.07) is 6.29. The first-order chi connectivity index (χ1) is 15.2. The van der Waals surface area contributed by atoms with Crippen molar-refractivity contribution in [2.24, 2.45) is 0 Å². The number of hydrogen-bond donors (Lipinski definition) is 1. The number of carbonyl (C=O) groups excluding carboxylic acids is 3. The van der Waals surface area contributed by atoms with Crippen molar-refractivity contribution in [1.82, 2.24) is 3.97 Å². The third kappa shape index (κ3) is 5.31. The number of hydrogen-bond acceptors (Lipinski definition) is 7. The van der Waals surface area contributed by atoms with Crippen molar-refractivity contribution in [3.8, 4) is 0 Å². The predicted octanol–water partition coefficient (Wildman–Crippen LogP) is 0.0258. The average molecular weight is 488 g/mol. The van der Waals surface area contributed by atoms with Crippen LogP contribution in [0, 0.1) is 6.92 Å². The van der Waals surface area contributed by atoms with E-state index < -0.39 is 33.7 Å². The normalized spacial score (nSPS) is 13.6. The number of carboxylic acid groups (broad SMARTS) is 1. The van der Waals surface area contributed by atoms with Crippen molar-refractivity contribution < 1.29 is 51.5 Å². The van der Waals surface area contributed by atoms with Crippen LogP contribution in [0.5, 0.6) is 0 Å². The van der Waals surface area contributed by atoms with Gasteiger partial charge in [-0.2, -0.15) is 13.2 Å². The highest BCUT2D eigenvalue weighted by Gasteiger charge is 2.36. The first kappa shape index (κ1) is 25.8. The van der Waals surface area contributed by atoms with Gasteiger partial charge in [-0.05, 0) is 24.6 Å². The number of fused-ring (bicyclic) bond motifs is 1. The standard InChI is InChI=1S/C18H18N2O5S.C2HF3O2/c1-11-3-5-13(6-4-11)26(23,24)20-10-12(7-8-19)16-14(21)9-15(25-2)18(22)17(16)20;3-2(4,5)1(6)7/h3-6,9-10H,7-8,19H2,1-2H3;(H,6,7). The van der Waals surface area contributed by atoms with E-state index in [0.717, 1.165) is 15.6 Å². The van der Waals surface area contributed by atoms with Crippen LogP contribution >= 0.6 is 0 Å². The molecular weight excluding hydrogens is 469 g/mol. The number of nitrogens with zero attached hydrogens (tertiary/aromatic N) is 1. The van der Waals surface area contributed by atoms with Crippen LogP contribution in [-0.4, -0.2) is 49.8 Å². The van der Waals surface area contributed by atoms with Gasteiger partial charge in [0.25, 0.3) is 10.0 Å². The summed E-state index contributed by atoms with van der Waals surface area (Å²) >= 11 is 0. The summed E-state index contributed by atoms with van der Waals surface area (Å²) in [6.07, 6.45) is -2.37. The Balaban J connectivity index is 0.000000479. The lowest BCUT2D eigenvalue weighted by molar-refractivity contribution is -0.366. The average Bonchev–Trinajstić information content (AvgIpc) is 3.12. The maximum Gasteiger partial charge on any atom is 0.430 e. The smallest absolute Gasteiger partial charge is 0.430 e. The molecule has 0 saturated carbocycles. The number of alkyl halides is 3. The van der Waals surface area contributed by atoms with Gasteiger partial charge in [-0.25, -0.2) is 12.4 Å². The van der Waals surface area contributed by atoms with Crippen molar-refractivity contribution in [2.75, 3.05) is 13.7 Å². The predicted molar refractivity (Wildman–Crippen MR) is 104 cm³/mol. The van der Waals surface area contributed by atoms with Crippen LogP contribution in [0.15, 0.2) is 47.2 Å². The van der Waals surface area contributed by atoms with Crippen molar-refractivity contribution in [3.05, 3.63) is 64.7 Å². The minimum absolute atomic E-state index is 0.0378. The van der Waals surface area contributed by atoms with E-state index in [9.17, 15) is 31.2 Å². The molecule has 0 radical (unpaired) electrons. The van der Waals surface area contributed by atoms with Gasteiger partial charge < -0.3 is 20.4 Å². The lowest BCUT2D eigenvalue weighted by atomic mass is 9.96. The van der Waals surface area contributed by atoms with Crippen LogP contribution in [0.25, 0.3) is 0 Å². The van der Waals surface area contributed by atoms with Crippen molar-refractivity contribution in [2.45, 2.75) is 24.4 Å². The Bertz CT molecular complexity index is 1230. The maximum absolute atomic E-state index is 13.1. The zero-order valence-corrected chi connectivity index (χ0v) is 18.2. The molecule has 1 aliphatic rings. The maximum atomic E-state index is 13.1. The first-order valence-corrected chi connectivity index (χ1v) is 10.7. The molecule has 13 heteroatoms. The lowest BCUT2D eigenvalue weighted by Crippen LogP contribution is -2.51. The summed E-state index contributed by atoms with van der Waals surface area (Å²) in [6.45, 7) is 2.31. The topological polar surface area (TPSA) is 150 Å². The number of benzene rings is 1. The number of aryl methyl sites for hydroxylation is 1. The number of ether oxygens (including phenoxy) is 1. The third-order valence-electron chi connectivity index (χ3n) is 4.47. The van der Waals surface area contributed by atoms with Gasteiger partial charge in [0, 0.05) is 18.7 Å². The van der Waals surface area contributed by atoms with Gasteiger partial charge in [-0.15, -0.1) is 0 Å². The summed E-state index contributed by atoms with van der Waals surface area (Å²) in [5.41, 5.74) is 5.07. The molecule has 3 rings (SSSR count). The minimum atomic E-state index is -5.19. The minimum Gasteiger partial charge on any atom is -0.542 e. The summed E-state index contributed by atoms with van der Waals surface area (Å²) < 4.78 is 63.6. The van der Waals surface area contributed by atoms with E-state index in [1.54, 1.807) is 12.1 Å². The van der Waals surface area contributed by atoms with Gasteiger partial charge in [0.1, 0.15) is 11.7 Å². The Morgan fingerprint density at radius 1 is 1.18 bits per heavy atom. The number of carboxylic acids is 1. The first-order valence-electron chi connectivity index (χ1n) is 9.24. The highest BCUT2D eigenvalue weighted by atomic mass is 32.2. The van der Waals surface area contributed by atoms with Crippen LogP contribution in [0.3, 0.4) is 0 Å². The van der Waals surface area contributed by atoms with Crippen LogP contribution in [0.4, 0.5) is 13.2 Å². The second kappa shape index (κ2) is 9.58. The van der Waals surface area contributed by atoms with Gasteiger partial charge in [-0.1, -0.05) is 17.7 Å². The quantitative estimate of drug-likeness (QED) is 0.624. The fourth-order valence-electron chi connectivity index (χ4n) is 2.94. The molecular formula is C20H19F3N2O7S. The number of quaternary nitrogens is 1. The van der Waals surface area contributed by atoms with Crippen LogP contribution in [0.1, 0.15) is 32.0 Å². The monoisotopic (exact) mass is 488 g/mol. The highest BCUT2D eigenvalue weighted by Crippen LogP contribution is 2.30. The zero-order chi connectivity index (χ0) is 25.1. The number of halogens is 3. The van der Waals surface area contributed by atoms with Crippen LogP contribution in [-0.2, 0) is 26.0 Å².